The molecule has 0 aliphatic heterocycles. The maximum absolute atomic E-state index is 4.72. The number of nitrogens with zero attached hydrogens (tertiary/aromatic N) is 1. The predicted molar refractivity (Wildman–Crippen MR) is 87.1 cm³/mol. The van der Waals surface area contributed by atoms with E-state index < -0.39 is 0 Å². The fraction of sp³-hybridized carbons (Fsp3) is 0.167. The average molecular weight is 279 g/mol. The molecule has 0 N–H and O–H groups in total. The normalized spacial score (nSPS) is 10.7. The van der Waals surface area contributed by atoms with Crippen LogP contribution in [0.4, 0.5) is 0 Å². The SMILES string of the molecule is CCc1nc(-c2ccc(-c3ccccc3)cc2)sc1C. The van der Waals surface area contributed by atoms with Crippen molar-refractivity contribution in [2.75, 3.05) is 0 Å². The monoisotopic (exact) mass is 279 g/mol. The van der Waals surface area contributed by atoms with Gasteiger partial charge in [-0.15, -0.1) is 11.3 Å². The van der Waals surface area contributed by atoms with Crippen LogP contribution in [0, 0.1) is 6.92 Å². The van der Waals surface area contributed by atoms with Crippen molar-refractivity contribution < 1.29 is 0 Å². The van der Waals surface area contributed by atoms with Gasteiger partial charge in [0.25, 0.3) is 0 Å². The minimum Gasteiger partial charge on any atom is -0.241 e. The van der Waals surface area contributed by atoms with E-state index in [-0.39, 0.29) is 0 Å². The first-order valence-corrected chi connectivity index (χ1v) is 7.71. The summed E-state index contributed by atoms with van der Waals surface area (Å²) in [6.07, 6.45) is 1.00. The molecule has 0 saturated carbocycles. The molecule has 1 heterocycles. The lowest BCUT2D eigenvalue weighted by molar-refractivity contribution is 1.05. The van der Waals surface area contributed by atoms with Gasteiger partial charge in [-0.3, -0.25) is 0 Å². The lowest BCUT2D eigenvalue weighted by Gasteiger charge is -2.02. The Hall–Kier alpha value is -1.93. The smallest absolute Gasteiger partial charge is 0.123 e. The molecule has 1 aromatic heterocycles. The van der Waals surface area contributed by atoms with Gasteiger partial charge in [0.15, 0.2) is 0 Å². The summed E-state index contributed by atoms with van der Waals surface area (Å²) in [7, 11) is 0. The average Bonchev–Trinajstić information content (AvgIpc) is 2.89. The zero-order chi connectivity index (χ0) is 13.9. The molecular formula is C18H17NS. The van der Waals surface area contributed by atoms with E-state index in [9.17, 15) is 0 Å². The third-order valence-electron chi connectivity index (χ3n) is 3.47. The number of hydrogen-bond donors (Lipinski definition) is 0. The van der Waals surface area contributed by atoms with Crippen molar-refractivity contribution in [3.8, 4) is 21.7 Å². The second-order valence-corrected chi connectivity index (χ2v) is 6.02. The van der Waals surface area contributed by atoms with Crippen molar-refractivity contribution in [2.24, 2.45) is 0 Å². The van der Waals surface area contributed by atoms with Crippen LogP contribution in [0.1, 0.15) is 17.5 Å². The first kappa shape index (κ1) is 13.1. The van der Waals surface area contributed by atoms with Gasteiger partial charge < -0.3 is 0 Å². The van der Waals surface area contributed by atoms with Gasteiger partial charge in [-0.05, 0) is 24.5 Å². The molecule has 2 aromatic carbocycles. The van der Waals surface area contributed by atoms with Crippen molar-refractivity contribution in [3.05, 3.63) is 65.2 Å². The van der Waals surface area contributed by atoms with E-state index in [1.165, 1.54) is 27.3 Å². The number of aromatic nitrogens is 1. The zero-order valence-corrected chi connectivity index (χ0v) is 12.6. The first-order chi connectivity index (χ1) is 9.78. The Labute approximate surface area is 124 Å². The molecule has 0 saturated heterocycles. The second kappa shape index (κ2) is 5.59. The molecule has 3 rings (SSSR count). The molecule has 3 aromatic rings. The van der Waals surface area contributed by atoms with Crippen LogP contribution in [-0.2, 0) is 6.42 Å². The highest BCUT2D eigenvalue weighted by molar-refractivity contribution is 7.15. The van der Waals surface area contributed by atoms with Gasteiger partial charge in [0, 0.05) is 10.4 Å². The third-order valence-corrected chi connectivity index (χ3v) is 4.53. The topological polar surface area (TPSA) is 12.9 Å². The van der Waals surface area contributed by atoms with Gasteiger partial charge in [0.05, 0.1) is 5.69 Å². The van der Waals surface area contributed by atoms with E-state index in [0.717, 1.165) is 11.4 Å². The number of thiazole rings is 1. The van der Waals surface area contributed by atoms with Gasteiger partial charge in [0.2, 0.25) is 0 Å². The Morgan fingerprint density at radius 3 is 2.05 bits per heavy atom. The van der Waals surface area contributed by atoms with Gasteiger partial charge >= 0.3 is 0 Å². The van der Waals surface area contributed by atoms with Crippen LogP contribution >= 0.6 is 11.3 Å². The largest absolute Gasteiger partial charge is 0.241 e. The van der Waals surface area contributed by atoms with Gasteiger partial charge in [-0.1, -0.05) is 61.5 Å². The molecule has 2 heteroatoms. The molecule has 0 unspecified atom stereocenters. The molecule has 0 aliphatic rings. The summed E-state index contributed by atoms with van der Waals surface area (Å²) in [5.41, 5.74) is 4.93. The number of aryl methyl sites for hydroxylation is 2. The Kier molecular flexibility index (Phi) is 3.66. The number of benzene rings is 2. The molecule has 0 amide bonds. The van der Waals surface area contributed by atoms with Crippen molar-refractivity contribution in [1.29, 1.82) is 0 Å². The van der Waals surface area contributed by atoms with Crippen LogP contribution in [0.15, 0.2) is 54.6 Å². The van der Waals surface area contributed by atoms with Crippen molar-refractivity contribution in [1.82, 2.24) is 4.98 Å². The Bertz CT molecular complexity index is 696. The summed E-state index contributed by atoms with van der Waals surface area (Å²) in [6.45, 7) is 4.31. The van der Waals surface area contributed by atoms with E-state index >= 15 is 0 Å². The molecule has 0 bridgehead atoms. The Morgan fingerprint density at radius 2 is 1.45 bits per heavy atom. The molecule has 0 spiro atoms. The van der Waals surface area contributed by atoms with Gasteiger partial charge in [-0.2, -0.15) is 0 Å². The predicted octanol–water partition coefficient (Wildman–Crippen LogP) is 5.35. The highest BCUT2D eigenvalue weighted by atomic mass is 32.1. The summed E-state index contributed by atoms with van der Waals surface area (Å²) in [4.78, 5) is 6.05. The Morgan fingerprint density at radius 1 is 0.850 bits per heavy atom. The summed E-state index contributed by atoms with van der Waals surface area (Å²) in [5.74, 6) is 0. The molecule has 20 heavy (non-hydrogen) atoms. The third kappa shape index (κ3) is 2.52. The minimum absolute atomic E-state index is 1.00. The quantitative estimate of drug-likeness (QED) is 0.630. The van der Waals surface area contributed by atoms with E-state index in [1.807, 2.05) is 6.07 Å². The van der Waals surface area contributed by atoms with Crippen LogP contribution < -0.4 is 0 Å². The van der Waals surface area contributed by atoms with Crippen LogP contribution in [0.3, 0.4) is 0 Å². The second-order valence-electron chi connectivity index (χ2n) is 4.82. The minimum atomic E-state index is 1.00. The van der Waals surface area contributed by atoms with Gasteiger partial charge in [-0.25, -0.2) is 4.98 Å². The van der Waals surface area contributed by atoms with Gasteiger partial charge in [0.1, 0.15) is 5.01 Å². The molecule has 100 valence electrons. The summed E-state index contributed by atoms with van der Waals surface area (Å²) < 4.78 is 0. The summed E-state index contributed by atoms with van der Waals surface area (Å²) in [6, 6.07) is 19.1. The standard InChI is InChI=1S/C18H17NS/c1-3-17-13(2)20-18(19-17)16-11-9-15(10-12-16)14-7-5-4-6-8-14/h4-12H,3H2,1-2H3. The fourth-order valence-electron chi connectivity index (χ4n) is 2.32. The van der Waals surface area contributed by atoms with Crippen molar-refractivity contribution in [2.45, 2.75) is 20.3 Å². The van der Waals surface area contributed by atoms with E-state index in [4.69, 9.17) is 4.98 Å². The van der Waals surface area contributed by atoms with Crippen LogP contribution in [0.25, 0.3) is 21.7 Å². The Balaban J connectivity index is 1.93. The molecule has 0 radical (unpaired) electrons. The highest BCUT2D eigenvalue weighted by Crippen LogP contribution is 2.29. The fourth-order valence-corrected chi connectivity index (χ4v) is 3.32. The molecule has 0 atom stereocenters. The summed E-state index contributed by atoms with van der Waals surface area (Å²) in [5, 5.41) is 1.12. The van der Waals surface area contributed by atoms with E-state index in [1.54, 1.807) is 11.3 Å². The maximum atomic E-state index is 4.72. The highest BCUT2D eigenvalue weighted by Gasteiger charge is 2.08. The molecule has 1 nitrogen and oxygen atoms in total. The molecule has 0 fully saturated rings. The van der Waals surface area contributed by atoms with E-state index in [0.29, 0.717) is 0 Å². The van der Waals surface area contributed by atoms with Crippen LogP contribution in [-0.4, -0.2) is 4.98 Å². The molecular weight excluding hydrogens is 262 g/mol. The van der Waals surface area contributed by atoms with Crippen LogP contribution in [0.2, 0.25) is 0 Å². The zero-order valence-electron chi connectivity index (χ0n) is 11.8. The van der Waals surface area contributed by atoms with Crippen LogP contribution in [0.5, 0.6) is 0 Å². The molecule has 0 aliphatic carbocycles. The van der Waals surface area contributed by atoms with Crippen molar-refractivity contribution >= 4 is 11.3 Å². The number of hydrogen-bond acceptors (Lipinski definition) is 2. The lowest BCUT2D eigenvalue weighted by atomic mass is 10.0. The van der Waals surface area contributed by atoms with Crippen molar-refractivity contribution in [3.63, 3.8) is 0 Å². The maximum Gasteiger partial charge on any atom is 0.123 e. The summed E-state index contributed by atoms with van der Waals surface area (Å²) >= 11 is 1.78. The first-order valence-electron chi connectivity index (χ1n) is 6.90. The van der Waals surface area contributed by atoms with E-state index in [2.05, 4.69) is 62.4 Å². The lowest BCUT2D eigenvalue weighted by Crippen LogP contribution is -1.83. The number of rotatable bonds is 3.